The summed E-state index contributed by atoms with van der Waals surface area (Å²) in [6.45, 7) is 2.66. The maximum Gasteiger partial charge on any atom is 0.155 e. The Morgan fingerprint density at radius 1 is 1.05 bits per heavy atom. The molecule has 0 aliphatic heterocycles. The average molecular weight is 290 g/mol. The zero-order valence-corrected chi connectivity index (χ0v) is 12.1. The molecule has 0 aliphatic carbocycles. The van der Waals surface area contributed by atoms with Crippen molar-refractivity contribution < 1.29 is 0 Å². The average Bonchev–Trinajstić information content (AvgIpc) is 3.02. The van der Waals surface area contributed by atoms with Crippen LogP contribution in [0.1, 0.15) is 11.3 Å². The second kappa shape index (κ2) is 5.07. The van der Waals surface area contributed by atoms with Crippen LogP contribution in [-0.2, 0) is 6.54 Å². The van der Waals surface area contributed by atoms with E-state index in [0.717, 1.165) is 33.6 Å². The first-order valence-electron chi connectivity index (χ1n) is 7.05. The summed E-state index contributed by atoms with van der Waals surface area (Å²) < 4.78 is 1.82. The maximum absolute atomic E-state index is 4.36. The second-order valence-electron chi connectivity index (χ2n) is 5.08. The van der Waals surface area contributed by atoms with E-state index in [1.165, 1.54) is 0 Å². The van der Waals surface area contributed by atoms with Crippen LogP contribution in [0.3, 0.4) is 0 Å². The highest BCUT2D eigenvalue weighted by Crippen LogP contribution is 2.22. The van der Waals surface area contributed by atoms with Gasteiger partial charge in [-0.2, -0.15) is 5.10 Å². The summed E-state index contributed by atoms with van der Waals surface area (Å²) in [5.74, 6) is 0.825. The zero-order chi connectivity index (χ0) is 14.9. The van der Waals surface area contributed by atoms with E-state index in [-0.39, 0.29) is 0 Å². The molecule has 6 nitrogen and oxygen atoms in total. The lowest BCUT2D eigenvalue weighted by molar-refractivity contribution is 0.852. The Morgan fingerprint density at radius 2 is 2.00 bits per heavy atom. The van der Waals surface area contributed by atoms with Gasteiger partial charge in [0.15, 0.2) is 5.65 Å². The Kier molecular flexibility index (Phi) is 2.93. The molecule has 0 aliphatic rings. The van der Waals surface area contributed by atoms with Crippen molar-refractivity contribution in [2.45, 2.75) is 13.5 Å². The summed E-state index contributed by atoms with van der Waals surface area (Å²) >= 11 is 0. The summed E-state index contributed by atoms with van der Waals surface area (Å²) in [6.07, 6.45) is 5.12. The molecule has 22 heavy (non-hydrogen) atoms. The van der Waals surface area contributed by atoms with Gasteiger partial charge in [-0.25, -0.2) is 19.5 Å². The molecule has 3 heterocycles. The van der Waals surface area contributed by atoms with Gasteiger partial charge in [0.25, 0.3) is 0 Å². The summed E-state index contributed by atoms with van der Waals surface area (Å²) in [7, 11) is 0. The number of fused-ring (bicyclic) bond motifs is 2. The number of nitrogens with zero attached hydrogens (tertiary/aromatic N) is 5. The monoisotopic (exact) mass is 290 g/mol. The van der Waals surface area contributed by atoms with Gasteiger partial charge in [0.1, 0.15) is 12.1 Å². The SMILES string of the molecule is Cc1cccc2c(NCc3ccnc4ccnn34)ncnc12. The molecule has 6 heteroatoms. The van der Waals surface area contributed by atoms with Gasteiger partial charge in [0.2, 0.25) is 0 Å². The number of rotatable bonds is 3. The fraction of sp³-hybridized carbons (Fsp3) is 0.125. The lowest BCUT2D eigenvalue weighted by Crippen LogP contribution is -2.08. The minimum Gasteiger partial charge on any atom is -0.364 e. The quantitative estimate of drug-likeness (QED) is 0.628. The van der Waals surface area contributed by atoms with E-state index in [2.05, 4.69) is 38.4 Å². The number of aryl methyl sites for hydroxylation is 1. The van der Waals surface area contributed by atoms with Crippen molar-refractivity contribution in [3.63, 3.8) is 0 Å². The Labute approximate surface area is 126 Å². The van der Waals surface area contributed by atoms with E-state index in [0.29, 0.717) is 6.54 Å². The summed E-state index contributed by atoms with van der Waals surface area (Å²) in [5, 5.41) is 8.68. The van der Waals surface area contributed by atoms with Gasteiger partial charge in [0.05, 0.1) is 24.0 Å². The lowest BCUT2D eigenvalue weighted by Gasteiger charge is -2.10. The molecule has 0 saturated heterocycles. The van der Waals surface area contributed by atoms with Crippen LogP contribution in [0.25, 0.3) is 16.6 Å². The van der Waals surface area contributed by atoms with Gasteiger partial charge < -0.3 is 5.32 Å². The van der Waals surface area contributed by atoms with Crippen LogP contribution in [0, 0.1) is 6.92 Å². The van der Waals surface area contributed by atoms with Crippen molar-refractivity contribution >= 4 is 22.4 Å². The van der Waals surface area contributed by atoms with Crippen molar-refractivity contribution in [2.75, 3.05) is 5.32 Å². The number of hydrogen-bond donors (Lipinski definition) is 1. The molecule has 0 radical (unpaired) electrons. The second-order valence-corrected chi connectivity index (χ2v) is 5.08. The largest absolute Gasteiger partial charge is 0.364 e. The standard InChI is InChI=1S/C16H14N6/c1-11-3-2-4-13-15(11)19-10-20-16(13)18-9-12-5-7-17-14-6-8-21-22(12)14/h2-8,10H,9H2,1H3,(H,18,19,20). The van der Waals surface area contributed by atoms with Gasteiger partial charge in [-0.3, -0.25) is 0 Å². The molecule has 108 valence electrons. The number of anilines is 1. The van der Waals surface area contributed by atoms with Crippen molar-refractivity contribution in [1.29, 1.82) is 0 Å². The maximum atomic E-state index is 4.36. The van der Waals surface area contributed by atoms with E-state index in [4.69, 9.17) is 0 Å². The van der Waals surface area contributed by atoms with E-state index < -0.39 is 0 Å². The van der Waals surface area contributed by atoms with Crippen LogP contribution < -0.4 is 5.32 Å². The molecular weight excluding hydrogens is 276 g/mol. The van der Waals surface area contributed by atoms with Gasteiger partial charge in [-0.15, -0.1) is 0 Å². The smallest absolute Gasteiger partial charge is 0.155 e. The third-order valence-corrected chi connectivity index (χ3v) is 3.67. The van der Waals surface area contributed by atoms with Gasteiger partial charge in [0, 0.05) is 17.6 Å². The topological polar surface area (TPSA) is 68.0 Å². The van der Waals surface area contributed by atoms with E-state index >= 15 is 0 Å². The van der Waals surface area contributed by atoms with Crippen molar-refractivity contribution in [2.24, 2.45) is 0 Å². The third-order valence-electron chi connectivity index (χ3n) is 3.67. The molecule has 0 fully saturated rings. The lowest BCUT2D eigenvalue weighted by atomic mass is 10.1. The molecular formula is C16H14N6. The molecule has 1 aromatic carbocycles. The van der Waals surface area contributed by atoms with Crippen LogP contribution >= 0.6 is 0 Å². The van der Waals surface area contributed by atoms with Crippen molar-refractivity contribution in [3.05, 3.63) is 60.3 Å². The molecule has 0 spiro atoms. The van der Waals surface area contributed by atoms with E-state index in [9.17, 15) is 0 Å². The van der Waals surface area contributed by atoms with Crippen LogP contribution in [0.2, 0.25) is 0 Å². The van der Waals surface area contributed by atoms with Crippen molar-refractivity contribution in [3.8, 4) is 0 Å². The minimum absolute atomic E-state index is 0.612. The fourth-order valence-electron chi connectivity index (χ4n) is 2.57. The zero-order valence-electron chi connectivity index (χ0n) is 12.1. The van der Waals surface area contributed by atoms with Gasteiger partial charge in [-0.05, 0) is 24.6 Å². The molecule has 1 N–H and O–H groups in total. The predicted molar refractivity (Wildman–Crippen MR) is 84.6 cm³/mol. The first kappa shape index (κ1) is 12.7. The Morgan fingerprint density at radius 3 is 2.95 bits per heavy atom. The highest BCUT2D eigenvalue weighted by molar-refractivity contribution is 5.90. The Hall–Kier alpha value is -3.02. The Balaban J connectivity index is 1.70. The highest BCUT2D eigenvalue weighted by Gasteiger charge is 2.07. The molecule has 4 rings (SSSR count). The van der Waals surface area contributed by atoms with Gasteiger partial charge >= 0.3 is 0 Å². The molecule has 0 unspecified atom stereocenters. The van der Waals surface area contributed by atoms with Crippen LogP contribution in [0.15, 0.2) is 49.1 Å². The number of aromatic nitrogens is 5. The molecule has 0 bridgehead atoms. The van der Waals surface area contributed by atoms with Crippen LogP contribution in [0.4, 0.5) is 5.82 Å². The Bertz CT molecular complexity index is 959. The van der Waals surface area contributed by atoms with Gasteiger partial charge in [-0.1, -0.05) is 12.1 Å². The first-order valence-corrected chi connectivity index (χ1v) is 7.05. The third kappa shape index (κ3) is 2.05. The van der Waals surface area contributed by atoms with E-state index in [1.54, 1.807) is 18.7 Å². The number of nitrogens with one attached hydrogen (secondary N) is 1. The minimum atomic E-state index is 0.612. The van der Waals surface area contributed by atoms with Crippen LogP contribution in [0.5, 0.6) is 0 Å². The number of hydrogen-bond acceptors (Lipinski definition) is 5. The summed E-state index contributed by atoms with van der Waals surface area (Å²) in [6, 6.07) is 9.93. The summed E-state index contributed by atoms with van der Waals surface area (Å²) in [5.41, 5.74) is 3.97. The first-order chi connectivity index (χ1) is 10.8. The van der Waals surface area contributed by atoms with Crippen LogP contribution in [-0.4, -0.2) is 24.6 Å². The molecule has 0 amide bonds. The summed E-state index contributed by atoms with van der Waals surface area (Å²) in [4.78, 5) is 13.0. The number of benzene rings is 1. The molecule has 3 aromatic heterocycles. The number of para-hydroxylation sites is 1. The molecule has 0 saturated carbocycles. The molecule has 0 atom stereocenters. The predicted octanol–water partition coefficient (Wildman–Crippen LogP) is 2.59. The molecule has 4 aromatic rings. The fourth-order valence-corrected chi connectivity index (χ4v) is 2.57. The van der Waals surface area contributed by atoms with Crippen molar-refractivity contribution in [1.82, 2.24) is 24.6 Å². The van der Waals surface area contributed by atoms with E-state index in [1.807, 2.05) is 28.8 Å². The highest BCUT2D eigenvalue weighted by atomic mass is 15.3. The normalized spacial score (nSPS) is 11.1.